The number of aromatic nitrogens is 3. The Bertz CT molecular complexity index is 863. The Labute approximate surface area is 174 Å². The molecule has 2 atom stereocenters. The second kappa shape index (κ2) is 7.66. The number of hydrogen-bond acceptors (Lipinski definition) is 7. The molecule has 0 amide bonds. The minimum absolute atomic E-state index is 0.0405. The van der Waals surface area contributed by atoms with Crippen molar-refractivity contribution in [2.75, 3.05) is 37.6 Å². The first-order valence-electron chi connectivity index (χ1n) is 10.4. The standard InChI is InChI=1S/C20H26ClN5O3/c21-17-18(23-6-5-22-17)25-11-9-24(10-12-25)7-1-2-8-26-19(27)15-13-3-4-14(29-13)16(15)20(26)28/h5-6,13-14,27-28H,1-4,7-12H2. The summed E-state index contributed by atoms with van der Waals surface area (Å²) in [6.45, 7) is 5.31. The number of aromatic hydroxyl groups is 2. The van der Waals surface area contributed by atoms with E-state index in [-0.39, 0.29) is 24.0 Å². The Balaban J connectivity index is 1.10. The highest BCUT2D eigenvalue weighted by Crippen LogP contribution is 2.57. The van der Waals surface area contributed by atoms with E-state index in [2.05, 4.69) is 19.8 Å². The Kier molecular flexibility index (Phi) is 5.01. The molecule has 2 fully saturated rings. The number of anilines is 1. The SMILES string of the molecule is Oc1c2c(c(O)n1CCCCN1CCN(c3nccnc3Cl)CC1)C1CCC2O1. The number of hydrogen-bond donors (Lipinski definition) is 2. The van der Waals surface area contributed by atoms with Crippen molar-refractivity contribution in [3.05, 3.63) is 28.7 Å². The van der Waals surface area contributed by atoms with Gasteiger partial charge in [0.1, 0.15) is 0 Å². The average molecular weight is 420 g/mol. The summed E-state index contributed by atoms with van der Waals surface area (Å²) in [5.74, 6) is 1.15. The summed E-state index contributed by atoms with van der Waals surface area (Å²) < 4.78 is 7.45. The van der Waals surface area contributed by atoms with Crippen LogP contribution in [0.15, 0.2) is 12.4 Å². The highest BCUT2D eigenvalue weighted by Gasteiger charge is 2.45. The van der Waals surface area contributed by atoms with E-state index in [4.69, 9.17) is 16.3 Å². The lowest BCUT2D eigenvalue weighted by Crippen LogP contribution is -2.47. The molecule has 0 aromatic carbocycles. The van der Waals surface area contributed by atoms with E-state index >= 15 is 0 Å². The van der Waals surface area contributed by atoms with Gasteiger partial charge in [0.05, 0.1) is 23.3 Å². The van der Waals surface area contributed by atoms with E-state index in [1.807, 2.05) is 0 Å². The molecule has 2 saturated heterocycles. The van der Waals surface area contributed by atoms with Gasteiger partial charge in [-0.15, -0.1) is 0 Å². The first-order chi connectivity index (χ1) is 14.1. The molecule has 3 aliphatic heterocycles. The van der Waals surface area contributed by atoms with Gasteiger partial charge in [-0.25, -0.2) is 9.97 Å². The van der Waals surface area contributed by atoms with Crippen LogP contribution in [0.3, 0.4) is 0 Å². The summed E-state index contributed by atoms with van der Waals surface area (Å²) in [6.07, 6.45) is 6.98. The Morgan fingerprint density at radius 2 is 1.55 bits per heavy atom. The van der Waals surface area contributed by atoms with Gasteiger partial charge in [0.25, 0.3) is 0 Å². The maximum absolute atomic E-state index is 10.5. The molecule has 2 unspecified atom stereocenters. The van der Waals surface area contributed by atoms with Crippen LogP contribution in [0.5, 0.6) is 11.8 Å². The molecule has 29 heavy (non-hydrogen) atoms. The summed E-state index contributed by atoms with van der Waals surface area (Å²) >= 11 is 6.15. The van der Waals surface area contributed by atoms with Gasteiger partial charge in [-0.3, -0.25) is 9.47 Å². The third-order valence-corrected chi connectivity index (χ3v) is 6.63. The molecule has 3 aliphatic rings. The largest absolute Gasteiger partial charge is 0.494 e. The van der Waals surface area contributed by atoms with Crippen LogP contribution in [0.25, 0.3) is 0 Å². The van der Waals surface area contributed by atoms with Crippen LogP contribution in [-0.2, 0) is 11.3 Å². The first-order valence-corrected chi connectivity index (χ1v) is 10.7. The second-order valence-corrected chi connectivity index (χ2v) is 8.38. The molecule has 9 heteroatoms. The quantitative estimate of drug-likeness (QED) is 0.696. The van der Waals surface area contributed by atoms with E-state index in [9.17, 15) is 10.2 Å². The van der Waals surface area contributed by atoms with Crippen molar-refractivity contribution in [1.29, 1.82) is 0 Å². The number of halogens is 1. The molecule has 156 valence electrons. The lowest BCUT2D eigenvalue weighted by atomic mass is 9.95. The van der Waals surface area contributed by atoms with Crippen LogP contribution >= 0.6 is 11.6 Å². The monoisotopic (exact) mass is 419 g/mol. The van der Waals surface area contributed by atoms with Crippen LogP contribution in [0, 0.1) is 0 Å². The van der Waals surface area contributed by atoms with Gasteiger partial charge in [0, 0.05) is 45.1 Å². The zero-order chi connectivity index (χ0) is 20.0. The fraction of sp³-hybridized carbons (Fsp3) is 0.600. The van der Waals surface area contributed by atoms with Crippen LogP contribution in [0.4, 0.5) is 5.82 Å². The summed E-state index contributed by atoms with van der Waals surface area (Å²) in [6, 6.07) is 0. The van der Waals surface area contributed by atoms with E-state index in [0.29, 0.717) is 11.7 Å². The molecule has 0 aliphatic carbocycles. The number of fused-ring (bicyclic) bond motifs is 5. The molecule has 5 rings (SSSR count). The van der Waals surface area contributed by atoms with Gasteiger partial charge in [-0.2, -0.15) is 0 Å². The number of piperazine rings is 1. The fourth-order valence-electron chi connectivity index (χ4n) is 4.85. The van der Waals surface area contributed by atoms with Gasteiger partial charge in [-0.05, 0) is 32.2 Å². The summed E-state index contributed by atoms with van der Waals surface area (Å²) in [7, 11) is 0. The summed E-state index contributed by atoms with van der Waals surface area (Å²) in [5.41, 5.74) is 1.63. The zero-order valence-electron chi connectivity index (χ0n) is 16.3. The molecule has 5 heterocycles. The third kappa shape index (κ3) is 3.33. The smallest absolute Gasteiger partial charge is 0.200 e. The van der Waals surface area contributed by atoms with Gasteiger partial charge < -0.3 is 19.8 Å². The van der Waals surface area contributed by atoms with Crippen molar-refractivity contribution in [3.8, 4) is 11.8 Å². The van der Waals surface area contributed by atoms with E-state index in [1.165, 1.54) is 0 Å². The number of unbranched alkanes of at least 4 members (excludes halogenated alkanes) is 1. The van der Waals surface area contributed by atoms with Crippen molar-refractivity contribution in [1.82, 2.24) is 19.4 Å². The fourth-order valence-corrected chi connectivity index (χ4v) is 5.08. The lowest BCUT2D eigenvalue weighted by molar-refractivity contribution is 0.0677. The highest BCUT2D eigenvalue weighted by atomic mass is 35.5. The lowest BCUT2D eigenvalue weighted by Gasteiger charge is -2.35. The maximum atomic E-state index is 10.5. The van der Waals surface area contributed by atoms with Gasteiger partial charge in [-0.1, -0.05) is 11.6 Å². The van der Waals surface area contributed by atoms with Crippen molar-refractivity contribution in [2.24, 2.45) is 0 Å². The minimum atomic E-state index is -0.0405. The van der Waals surface area contributed by atoms with E-state index in [0.717, 1.165) is 75.4 Å². The first kappa shape index (κ1) is 19.0. The molecular weight excluding hydrogens is 394 g/mol. The van der Waals surface area contributed by atoms with Crippen molar-refractivity contribution < 1.29 is 14.9 Å². The molecule has 2 aromatic heterocycles. The number of rotatable bonds is 6. The second-order valence-electron chi connectivity index (χ2n) is 8.02. The van der Waals surface area contributed by atoms with Crippen LogP contribution < -0.4 is 4.90 Å². The average Bonchev–Trinajstić information content (AvgIpc) is 3.41. The molecule has 0 spiro atoms. The molecule has 0 saturated carbocycles. The van der Waals surface area contributed by atoms with Gasteiger partial charge >= 0.3 is 0 Å². The Morgan fingerprint density at radius 1 is 0.931 bits per heavy atom. The highest BCUT2D eigenvalue weighted by molar-refractivity contribution is 6.31. The predicted molar refractivity (Wildman–Crippen MR) is 108 cm³/mol. The summed E-state index contributed by atoms with van der Waals surface area (Å²) in [4.78, 5) is 13.1. The Hall–Kier alpha value is -2.03. The van der Waals surface area contributed by atoms with Gasteiger partial charge in [0.2, 0.25) is 0 Å². The molecule has 0 radical (unpaired) electrons. The van der Waals surface area contributed by atoms with Crippen LogP contribution in [0.1, 0.15) is 49.0 Å². The van der Waals surface area contributed by atoms with Crippen molar-refractivity contribution in [3.63, 3.8) is 0 Å². The third-order valence-electron chi connectivity index (χ3n) is 6.36. The topological polar surface area (TPSA) is 86.9 Å². The molecule has 8 nitrogen and oxygen atoms in total. The number of nitrogens with zero attached hydrogens (tertiary/aromatic N) is 5. The van der Waals surface area contributed by atoms with E-state index < -0.39 is 0 Å². The minimum Gasteiger partial charge on any atom is -0.494 e. The molecule has 2 aromatic rings. The van der Waals surface area contributed by atoms with Crippen LogP contribution in [-0.4, -0.2) is 62.4 Å². The van der Waals surface area contributed by atoms with E-state index in [1.54, 1.807) is 17.0 Å². The molecule has 2 bridgehead atoms. The van der Waals surface area contributed by atoms with Crippen molar-refractivity contribution >= 4 is 17.4 Å². The predicted octanol–water partition coefficient (Wildman–Crippen LogP) is 2.85. The van der Waals surface area contributed by atoms with Gasteiger partial charge in [0.15, 0.2) is 22.7 Å². The van der Waals surface area contributed by atoms with Crippen molar-refractivity contribution in [2.45, 2.75) is 44.4 Å². The molecule has 2 N–H and O–H groups in total. The number of ether oxygens (including phenoxy) is 1. The molecular formula is C20H26ClN5O3. The van der Waals surface area contributed by atoms with Crippen LogP contribution in [0.2, 0.25) is 5.15 Å². The normalized spacial score (nSPS) is 23.7. The summed E-state index contributed by atoms with van der Waals surface area (Å²) in [5, 5.41) is 21.5. The Morgan fingerprint density at radius 3 is 2.21 bits per heavy atom. The maximum Gasteiger partial charge on any atom is 0.200 e. The zero-order valence-corrected chi connectivity index (χ0v) is 17.1.